The van der Waals surface area contributed by atoms with E-state index in [1.807, 2.05) is 12.1 Å². The van der Waals surface area contributed by atoms with Crippen LogP contribution in [0.2, 0.25) is 0 Å². The first-order valence-electron chi connectivity index (χ1n) is 9.16. The second kappa shape index (κ2) is 6.16. The highest BCUT2D eigenvalue weighted by Gasteiger charge is 2.41. The van der Waals surface area contributed by atoms with Gasteiger partial charge in [-0.15, -0.1) is 0 Å². The van der Waals surface area contributed by atoms with Crippen LogP contribution in [-0.4, -0.2) is 30.6 Å². The van der Waals surface area contributed by atoms with Crippen LogP contribution in [0, 0.1) is 5.92 Å². The first-order valence-corrected chi connectivity index (χ1v) is 9.16. The summed E-state index contributed by atoms with van der Waals surface area (Å²) in [4.78, 5) is 14.7. The first kappa shape index (κ1) is 15.0. The van der Waals surface area contributed by atoms with E-state index < -0.39 is 0 Å². The number of nitrogens with one attached hydrogen (secondary N) is 2. The normalized spacial score (nSPS) is 24.8. The number of likely N-dealkylation sites (tertiary alicyclic amines) is 1. The van der Waals surface area contributed by atoms with Gasteiger partial charge in [0.2, 0.25) is 0 Å². The average Bonchev–Trinajstić information content (AvgIpc) is 2.58. The van der Waals surface area contributed by atoms with Gasteiger partial charge < -0.3 is 15.5 Å². The van der Waals surface area contributed by atoms with Gasteiger partial charge in [-0.3, -0.25) is 0 Å². The van der Waals surface area contributed by atoms with Gasteiger partial charge >= 0.3 is 6.03 Å². The van der Waals surface area contributed by atoms with Crippen LogP contribution in [0.25, 0.3) is 0 Å². The van der Waals surface area contributed by atoms with E-state index in [9.17, 15) is 4.79 Å². The summed E-state index contributed by atoms with van der Waals surface area (Å²) in [5.74, 6) is 0.896. The lowest BCUT2D eigenvalue weighted by Gasteiger charge is -2.46. The highest BCUT2D eigenvalue weighted by atomic mass is 16.2. The number of anilines is 1. The second-order valence-corrected chi connectivity index (χ2v) is 7.51. The number of carbonyl (C=O) groups excluding carboxylic acids is 1. The van der Waals surface area contributed by atoms with Crippen LogP contribution >= 0.6 is 0 Å². The lowest BCUT2D eigenvalue weighted by atomic mass is 9.78. The minimum atomic E-state index is -0.165. The Morgan fingerprint density at radius 3 is 2.61 bits per heavy atom. The van der Waals surface area contributed by atoms with Crippen LogP contribution in [0.4, 0.5) is 10.5 Å². The van der Waals surface area contributed by atoms with Gasteiger partial charge in [0, 0.05) is 30.9 Å². The summed E-state index contributed by atoms with van der Waals surface area (Å²) in [5, 5.41) is 6.18. The fraction of sp³-hybridized carbons (Fsp3) is 0.632. The van der Waals surface area contributed by atoms with Crippen molar-refractivity contribution in [1.82, 2.24) is 10.2 Å². The molecule has 0 bridgehead atoms. The maximum absolute atomic E-state index is 12.1. The topological polar surface area (TPSA) is 44.4 Å². The molecule has 4 nitrogen and oxygen atoms in total. The molecule has 2 fully saturated rings. The van der Waals surface area contributed by atoms with Crippen molar-refractivity contribution in [2.24, 2.45) is 5.92 Å². The summed E-state index contributed by atoms with van der Waals surface area (Å²) in [6.45, 7) is 3.43. The average molecular weight is 313 g/mol. The maximum atomic E-state index is 12.1. The van der Waals surface area contributed by atoms with Crippen LogP contribution in [0.3, 0.4) is 0 Å². The van der Waals surface area contributed by atoms with Crippen molar-refractivity contribution in [2.75, 3.05) is 25.0 Å². The third-order valence-corrected chi connectivity index (χ3v) is 5.99. The number of piperidine rings is 1. The molecule has 0 atom stereocenters. The summed E-state index contributed by atoms with van der Waals surface area (Å²) in [5.41, 5.74) is 2.08. The van der Waals surface area contributed by atoms with Crippen LogP contribution in [0.1, 0.15) is 50.5 Å². The monoisotopic (exact) mass is 313 g/mol. The Morgan fingerprint density at radius 2 is 1.83 bits per heavy atom. The molecule has 0 unspecified atom stereocenters. The molecule has 4 rings (SSSR count). The standard InChI is InChI=1S/C19H27N3O/c23-18-20-17-9-5-4-8-16(17)19(21-18)10-12-22(13-11-19)14-15-6-2-1-3-7-15/h4-5,8-9,15H,1-3,6-7,10-14H2,(H2,20,21,23). The molecule has 1 saturated heterocycles. The third kappa shape index (κ3) is 2.97. The summed E-state index contributed by atoms with van der Waals surface area (Å²) in [6.07, 6.45) is 9.11. The lowest BCUT2D eigenvalue weighted by molar-refractivity contribution is 0.114. The van der Waals surface area contributed by atoms with Crippen molar-refractivity contribution in [3.8, 4) is 0 Å². The second-order valence-electron chi connectivity index (χ2n) is 7.51. The number of carbonyl (C=O) groups is 1. The van der Waals surface area contributed by atoms with E-state index in [0.29, 0.717) is 0 Å². The van der Waals surface area contributed by atoms with Crippen LogP contribution in [0.15, 0.2) is 24.3 Å². The Labute approximate surface area is 138 Å². The quantitative estimate of drug-likeness (QED) is 0.874. The predicted octanol–water partition coefficient (Wildman–Crippen LogP) is 3.69. The van der Waals surface area contributed by atoms with Crippen molar-refractivity contribution in [1.29, 1.82) is 0 Å². The van der Waals surface area contributed by atoms with E-state index in [0.717, 1.165) is 37.5 Å². The fourth-order valence-electron chi connectivity index (χ4n) is 4.69. The van der Waals surface area contributed by atoms with E-state index in [4.69, 9.17) is 0 Å². The molecule has 3 aliphatic rings. The molecule has 2 aliphatic heterocycles. The molecular formula is C19H27N3O. The van der Waals surface area contributed by atoms with Gasteiger partial charge in [0.25, 0.3) is 0 Å². The van der Waals surface area contributed by atoms with Gasteiger partial charge in [-0.1, -0.05) is 37.5 Å². The first-order chi connectivity index (χ1) is 11.3. The zero-order chi connectivity index (χ0) is 15.7. The Balaban J connectivity index is 1.45. The van der Waals surface area contributed by atoms with Crippen LogP contribution in [-0.2, 0) is 5.54 Å². The molecule has 4 heteroatoms. The number of rotatable bonds is 2. The predicted molar refractivity (Wildman–Crippen MR) is 92.5 cm³/mol. The third-order valence-electron chi connectivity index (χ3n) is 5.99. The molecule has 2 amide bonds. The number of para-hydroxylation sites is 1. The molecule has 1 aromatic rings. The smallest absolute Gasteiger partial charge is 0.319 e. The minimum Gasteiger partial charge on any atom is -0.328 e. The number of hydrogen-bond acceptors (Lipinski definition) is 2. The van der Waals surface area contributed by atoms with E-state index >= 15 is 0 Å². The summed E-state index contributed by atoms with van der Waals surface area (Å²) < 4.78 is 0. The zero-order valence-corrected chi connectivity index (χ0v) is 13.8. The SMILES string of the molecule is O=C1Nc2ccccc2C2(CCN(CC3CCCCC3)CC2)N1. The number of benzene rings is 1. The van der Waals surface area contributed by atoms with E-state index in [1.54, 1.807) is 0 Å². The Bertz CT molecular complexity index is 572. The van der Waals surface area contributed by atoms with Gasteiger partial charge in [0.05, 0.1) is 5.54 Å². The molecule has 2 heterocycles. The molecule has 1 aliphatic carbocycles. The van der Waals surface area contributed by atoms with Crippen molar-refractivity contribution in [3.05, 3.63) is 29.8 Å². The molecule has 1 aromatic carbocycles. The van der Waals surface area contributed by atoms with Gasteiger partial charge in [-0.05, 0) is 37.7 Å². The Kier molecular flexibility index (Phi) is 4.02. The molecular weight excluding hydrogens is 286 g/mol. The fourth-order valence-corrected chi connectivity index (χ4v) is 4.69. The molecule has 23 heavy (non-hydrogen) atoms. The molecule has 0 radical (unpaired) electrons. The summed E-state index contributed by atoms with van der Waals surface area (Å²) in [6, 6.07) is 8.21. The number of hydrogen-bond donors (Lipinski definition) is 2. The number of fused-ring (bicyclic) bond motifs is 2. The molecule has 2 N–H and O–H groups in total. The largest absolute Gasteiger partial charge is 0.328 e. The van der Waals surface area contributed by atoms with Gasteiger partial charge in [0.15, 0.2) is 0 Å². The van der Waals surface area contributed by atoms with E-state index in [2.05, 4.69) is 27.7 Å². The molecule has 0 aromatic heterocycles. The Hall–Kier alpha value is -1.55. The van der Waals surface area contributed by atoms with Crippen LogP contribution < -0.4 is 10.6 Å². The van der Waals surface area contributed by atoms with Crippen molar-refractivity contribution in [3.63, 3.8) is 0 Å². The van der Waals surface area contributed by atoms with Gasteiger partial charge in [-0.2, -0.15) is 0 Å². The highest BCUT2D eigenvalue weighted by molar-refractivity contribution is 5.93. The summed E-state index contributed by atoms with van der Waals surface area (Å²) in [7, 11) is 0. The van der Waals surface area contributed by atoms with Gasteiger partial charge in [0.1, 0.15) is 0 Å². The maximum Gasteiger partial charge on any atom is 0.319 e. The van der Waals surface area contributed by atoms with E-state index in [1.165, 1.54) is 44.2 Å². The highest BCUT2D eigenvalue weighted by Crippen LogP contribution is 2.40. The number of amides is 2. The van der Waals surface area contributed by atoms with Crippen molar-refractivity contribution in [2.45, 2.75) is 50.5 Å². The zero-order valence-electron chi connectivity index (χ0n) is 13.8. The number of nitrogens with zero attached hydrogens (tertiary/aromatic N) is 1. The minimum absolute atomic E-state index is 0.0515. The van der Waals surface area contributed by atoms with Crippen LogP contribution in [0.5, 0.6) is 0 Å². The summed E-state index contributed by atoms with van der Waals surface area (Å²) >= 11 is 0. The van der Waals surface area contributed by atoms with E-state index in [-0.39, 0.29) is 11.6 Å². The number of urea groups is 1. The molecule has 1 spiro atoms. The molecule has 1 saturated carbocycles. The Morgan fingerprint density at radius 1 is 1.09 bits per heavy atom. The lowest BCUT2D eigenvalue weighted by Crippen LogP contribution is -2.57. The molecule has 124 valence electrons. The van der Waals surface area contributed by atoms with Gasteiger partial charge in [-0.25, -0.2) is 4.79 Å². The van der Waals surface area contributed by atoms with Crippen molar-refractivity contribution < 1.29 is 4.79 Å². The van der Waals surface area contributed by atoms with Crippen molar-refractivity contribution >= 4 is 11.7 Å².